The van der Waals surface area contributed by atoms with E-state index < -0.39 is 10.8 Å². The van der Waals surface area contributed by atoms with Gasteiger partial charge in [0.2, 0.25) is 5.91 Å². The molecule has 4 N–H and O–H groups in total. The molecule has 1 aliphatic rings. The van der Waals surface area contributed by atoms with E-state index in [0.29, 0.717) is 6.54 Å². The maximum absolute atomic E-state index is 12.0. The van der Waals surface area contributed by atoms with Crippen LogP contribution in [0.15, 0.2) is 47.4 Å². The Morgan fingerprint density at radius 3 is 2.63 bits per heavy atom. The molecule has 160 valence electrons. The molecular weight excluding hydrogens is 402 g/mol. The monoisotopic (exact) mass is 429 g/mol. The fraction of sp³-hybridized carbons (Fsp3) is 0.318. The van der Waals surface area contributed by atoms with Crippen LogP contribution in [-0.4, -0.2) is 52.8 Å². The van der Waals surface area contributed by atoms with E-state index in [2.05, 4.69) is 21.7 Å². The number of H-pyrrole nitrogens is 1. The number of aliphatic hydroxyl groups is 1. The highest BCUT2D eigenvalue weighted by atomic mass is 32.2. The first-order valence-electron chi connectivity index (χ1n) is 9.62. The number of carbonyl (C=O) groups is 1. The Labute approximate surface area is 178 Å². The molecule has 2 heterocycles. The SMILES string of the molecule is CC(N)=O.COc1cccc2cc(-c3cc([S@@](C)=O)ccc3N3CCC(O)C3)[nH]c12. The number of β-amino-alcohol motifs (C(OH)–C–C–N with tert-alkyl or cyclic N) is 1. The number of para-hydroxylation sites is 1. The van der Waals surface area contributed by atoms with Gasteiger partial charge in [0, 0.05) is 64.3 Å². The highest BCUT2D eigenvalue weighted by molar-refractivity contribution is 7.84. The quantitative estimate of drug-likeness (QED) is 0.591. The Hall–Kier alpha value is -2.84. The first-order valence-corrected chi connectivity index (χ1v) is 11.2. The lowest BCUT2D eigenvalue weighted by atomic mass is 10.1. The summed E-state index contributed by atoms with van der Waals surface area (Å²) in [5.41, 5.74) is 8.40. The van der Waals surface area contributed by atoms with Gasteiger partial charge in [-0.1, -0.05) is 12.1 Å². The molecule has 0 bridgehead atoms. The van der Waals surface area contributed by atoms with Crippen LogP contribution >= 0.6 is 0 Å². The standard InChI is InChI=1S/C20H22N2O3S.C2H5NO/c1-25-19-5-3-4-13-10-17(21-20(13)19)16-11-15(26(2)24)6-7-18(16)22-9-8-14(23)12-22;1-2(3)4/h3-7,10-11,14,21,23H,8-9,12H2,1-2H3;1H3,(H2,3,4)/t14?,26-;/m1./s1. The Morgan fingerprint density at radius 1 is 1.30 bits per heavy atom. The third-order valence-electron chi connectivity index (χ3n) is 4.93. The second kappa shape index (κ2) is 9.32. The first-order chi connectivity index (χ1) is 14.3. The van der Waals surface area contributed by atoms with E-state index in [0.717, 1.165) is 51.5 Å². The first kappa shape index (κ1) is 21.9. The molecule has 0 spiro atoms. The number of primary amides is 1. The molecule has 2 aromatic carbocycles. The summed E-state index contributed by atoms with van der Waals surface area (Å²) in [4.78, 5) is 15.7. The van der Waals surface area contributed by atoms with Crippen molar-refractivity contribution in [3.05, 3.63) is 42.5 Å². The summed E-state index contributed by atoms with van der Waals surface area (Å²) >= 11 is 0. The number of methoxy groups -OCH3 is 1. The molecule has 30 heavy (non-hydrogen) atoms. The number of aromatic amines is 1. The molecule has 4 rings (SSSR count). The lowest BCUT2D eigenvalue weighted by Gasteiger charge is -2.21. The van der Waals surface area contributed by atoms with Gasteiger partial charge in [-0.15, -0.1) is 0 Å². The highest BCUT2D eigenvalue weighted by Crippen LogP contribution is 2.37. The van der Waals surface area contributed by atoms with Gasteiger partial charge in [-0.3, -0.25) is 9.00 Å². The van der Waals surface area contributed by atoms with E-state index >= 15 is 0 Å². The molecule has 1 fully saturated rings. The minimum absolute atomic E-state index is 0.300. The van der Waals surface area contributed by atoms with Crippen LogP contribution in [0, 0.1) is 0 Å². The van der Waals surface area contributed by atoms with E-state index in [1.807, 2.05) is 36.4 Å². The number of aromatic nitrogens is 1. The minimum Gasteiger partial charge on any atom is -0.495 e. The third-order valence-corrected chi connectivity index (χ3v) is 5.85. The van der Waals surface area contributed by atoms with Gasteiger partial charge in [0.15, 0.2) is 0 Å². The summed E-state index contributed by atoms with van der Waals surface area (Å²) in [6.45, 7) is 2.73. The van der Waals surface area contributed by atoms with Crippen LogP contribution in [0.3, 0.4) is 0 Å². The van der Waals surface area contributed by atoms with Crippen molar-refractivity contribution >= 4 is 33.3 Å². The number of hydrogen-bond donors (Lipinski definition) is 3. The molecule has 1 amide bonds. The number of benzene rings is 2. The number of amides is 1. The summed E-state index contributed by atoms with van der Waals surface area (Å²) < 4.78 is 17.5. The average Bonchev–Trinajstić information content (AvgIpc) is 3.32. The predicted octanol–water partition coefficient (Wildman–Crippen LogP) is 2.64. The van der Waals surface area contributed by atoms with Gasteiger partial charge in [-0.2, -0.15) is 0 Å². The van der Waals surface area contributed by atoms with E-state index in [4.69, 9.17) is 4.74 Å². The van der Waals surface area contributed by atoms with Crippen molar-refractivity contribution in [2.75, 3.05) is 31.4 Å². The van der Waals surface area contributed by atoms with Crippen molar-refractivity contribution in [1.29, 1.82) is 0 Å². The van der Waals surface area contributed by atoms with Gasteiger partial charge < -0.3 is 25.5 Å². The molecular formula is C22H27N3O4S. The van der Waals surface area contributed by atoms with Crippen LogP contribution in [0.2, 0.25) is 0 Å². The van der Waals surface area contributed by atoms with Crippen molar-refractivity contribution in [2.45, 2.75) is 24.3 Å². The van der Waals surface area contributed by atoms with Crippen LogP contribution in [-0.2, 0) is 15.6 Å². The molecule has 0 radical (unpaired) electrons. The molecule has 2 atom stereocenters. The van der Waals surface area contributed by atoms with Crippen molar-refractivity contribution in [2.24, 2.45) is 5.73 Å². The molecule has 8 heteroatoms. The number of nitrogens with zero attached hydrogens (tertiary/aromatic N) is 1. The summed E-state index contributed by atoms with van der Waals surface area (Å²) in [5.74, 6) is 0.460. The third kappa shape index (κ3) is 4.83. The molecule has 1 aromatic heterocycles. The van der Waals surface area contributed by atoms with Gasteiger partial charge >= 0.3 is 0 Å². The van der Waals surface area contributed by atoms with Crippen LogP contribution < -0.4 is 15.4 Å². The van der Waals surface area contributed by atoms with Crippen molar-refractivity contribution in [3.63, 3.8) is 0 Å². The van der Waals surface area contributed by atoms with Gasteiger partial charge in [0.05, 0.1) is 18.7 Å². The number of nitrogens with one attached hydrogen (secondary N) is 1. The molecule has 1 aliphatic heterocycles. The van der Waals surface area contributed by atoms with Crippen LogP contribution in [0.5, 0.6) is 5.75 Å². The summed E-state index contributed by atoms with van der Waals surface area (Å²) in [6.07, 6.45) is 2.15. The van der Waals surface area contributed by atoms with E-state index in [-0.39, 0.29) is 12.0 Å². The van der Waals surface area contributed by atoms with E-state index in [1.165, 1.54) is 6.92 Å². The van der Waals surface area contributed by atoms with Crippen LogP contribution in [0.4, 0.5) is 5.69 Å². The van der Waals surface area contributed by atoms with E-state index in [9.17, 15) is 14.1 Å². The Morgan fingerprint density at radius 2 is 2.03 bits per heavy atom. The summed E-state index contributed by atoms with van der Waals surface area (Å²) in [7, 11) is 0.600. The number of ether oxygens (including phenoxy) is 1. The van der Waals surface area contributed by atoms with Crippen LogP contribution in [0.1, 0.15) is 13.3 Å². The molecule has 1 unspecified atom stereocenters. The fourth-order valence-electron chi connectivity index (χ4n) is 3.59. The van der Waals surface area contributed by atoms with Crippen LogP contribution in [0.25, 0.3) is 22.2 Å². The number of carbonyl (C=O) groups excluding carboxylic acids is 1. The molecule has 0 saturated carbocycles. The molecule has 1 saturated heterocycles. The topological polar surface area (TPSA) is 109 Å². The summed E-state index contributed by atoms with van der Waals surface area (Å²) in [6, 6.07) is 13.9. The Kier molecular flexibility index (Phi) is 6.79. The van der Waals surface area contributed by atoms with E-state index in [1.54, 1.807) is 13.4 Å². The number of anilines is 1. The normalized spacial score (nSPS) is 16.8. The second-order valence-corrected chi connectivity index (χ2v) is 8.62. The number of nitrogens with two attached hydrogens (primary N) is 1. The number of rotatable bonds is 4. The zero-order chi connectivity index (χ0) is 21.8. The zero-order valence-electron chi connectivity index (χ0n) is 17.3. The zero-order valence-corrected chi connectivity index (χ0v) is 18.2. The van der Waals surface area contributed by atoms with Gasteiger partial charge in [0.25, 0.3) is 0 Å². The molecule has 3 aromatic rings. The smallest absolute Gasteiger partial charge is 0.214 e. The van der Waals surface area contributed by atoms with Crippen molar-refractivity contribution < 1.29 is 18.8 Å². The largest absolute Gasteiger partial charge is 0.495 e. The Balaban J connectivity index is 0.000000589. The number of hydrogen-bond acceptors (Lipinski definition) is 5. The average molecular weight is 430 g/mol. The van der Waals surface area contributed by atoms with Crippen molar-refractivity contribution in [3.8, 4) is 17.0 Å². The lowest BCUT2D eigenvalue weighted by Crippen LogP contribution is -2.21. The second-order valence-electron chi connectivity index (χ2n) is 7.24. The van der Waals surface area contributed by atoms with Gasteiger partial charge in [-0.05, 0) is 36.8 Å². The predicted molar refractivity (Wildman–Crippen MR) is 120 cm³/mol. The molecule has 7 nitrogen and oxygen atoms in total. The fourth-order valence-corrected chi connectivity index (χ4v) is 4.13. The number of fused-ring (bicyclic) bond motifs is 1. The summed E-state index contributed by atoms with van der Waals surface area (Å²) in [5, 5.41) is 11.0. The number of aliphatic hydroxyl groups excluding tert-OH is 1. The Bertz CT molecular complexity index is 1080. The van der Waals surface area contributed by atoms with Gasteiger partial charge in [0.1, 0.15) is 5.75 Å². The maximum atomic E-state index is 12.0. The maximum Gasteiger partial charge on any atom is 0.214 e. The minimum atomic E-state index is -1.06. The van der Waals surface area contributed by atoms with Crippen molar-refractivity contribution in [1.82, 2.24) is 4.98 Å². The highest BCUT2D eigenvalue weighted by Gasteiger charge is 2.24. The molecule has 0 aliphatic carbocycles. The van der Waals surface area contributed by atoms with Gasteiger partial charge in [-0.25, -0.2) is 0 Å². The lowest BCUT2D eigenvalue weighted by molar-refractivity contribution is -0.115.